The van der Waals surface area contributed by atoms with Gasteiger partial charge in [-0.3, -0.25) is 4.79 Å². The van der Waals surface area contributed by atoms with Crippen LogP contribution in [0, 0.1) is 22.7 Å². The smallest absolute Gasteiger partial charge is 0.226 e. The lowest BCUT2D eigenvalue weighted by Crippen LogP contribution is -2.57. The van der Waals surface area contributed by atoms with E-state index >= 15 is 0 Å². The Bertz CT molecular complexity index is 540. The number of nitrogens with zero attached hydrogens (tertiary/aromatic N) is 3. The maximum Gasteiger partial charge on any atom is 0.226 e. The Morgan fingerprint density at radius 2 is 2.05 bits per heavy atom. The molecule has 0 saturated heterocycles. The number of aromatic amines is 1. The Hall–Kier alpha value is -1.46. The van der Waals surface area contributed by atoms with Gasteiger partial charge >= 0.3 is 0 Å². The predicted molar refractivity (Wildman–Crippen MR) is 76.0 cm³/mol. The highest BCUT2D eigenvalue weighted by Crippen LogP contribution is 2.65. The largest absolute Gasteiger partial charge is 0.346 e. The number of hydrogen-bond acceptors (Lipinski definition) is 4. The van der Waals surface area contributed by atoms with E-state index in [0.717, 1.165) is 31.1 Å². The van der Waals surface area contributed by atoms with Crippen LogP contribution in [0.25, 0.3) is 0 Å². The summed E-state index contributed by atoms with van der Waals surface area (Å²) in [5.41, 5.74) is 0.244. The number of rotatable bonds is 3. The van der Waals surface area contributed by atoms with E-state index in [1.54, 1.807) is 0 Å². The normalized spacial score (nSPS) is 42.0. The SMILES string of the molecule is CC(NC(=O)C12CC3CC(CC(C)(C3)C1)C2)c1nn[nH]n1. The number of hydrogen-bond donors (Lipinski definition) is 2. The number of amides is 1. The maximum atomic E-state index is 12.9. The molecule has 1 amide bonds. The van der Waals surface area contributed by atoms with Gasteiger partial charge in [0.1, 0.15) is 0 Å². The fourth-order valence-corrected chi connectivity index (χ4v) is 5.75. The van der Waals surface area contributed by atoms with E-state index < -0.39 is 0 Å². The van der Waals surface area contributed by atoms with Crippen molar-refractivity contribution in [2.45, 2.75) is 58.4 Å². The van der Waals surface area contributed by atoms with Crippen molar-refractivity contribution in [3.63, 3.8) is 0 Å². The first-order valence-electron chi connectivity index (χ1n) is 8.02. The van der Waals surface area contributed by atoms with Crippen LogP contribution >= 0.6 is 0 Å². The zero-order valence-corrected chi connectivity index (χ0v) is 12.7. The highest BCUT2D eigenvalue weighted by molar-refractivity contribution is 5.83. The Balaban J connectivity index is 1.54. The van der Waals surface area contributed by atoms with Crippen LogP contribution in [0.1, 0.15) is 64.2 Å². The quantitative estimate of drug-likeness (QED) is 0.891. The molecule has 4 bridgehead atoms. The van der Waals surface area contributed by atoms with Crippen LogP contribution < -0.4 is 5.32 Å². The highest BCUT2D eigenvalue weighted by atomic mass is 16.2. The first-order valence-corrected chi connectivity index (χ1v) is 8.02. The monoisotopic (exact) mass is 289 g/mol. The van der Waals surface area contributed by atoms with Crippen molar-refractivity contribution in [2.24, 2.45) is 22.7 Å². The van der Waals surface area contributed by atoms with Crippen LogP contribution in [0.15, 0.2) is 0 Å². The third-order valence-electron chi connectivity index (χ3n) is 5.93. The fourth-order valence-electron chi connectivity index (χ4n) is 5.75. The lowest BCUT2D eigenvalue weighted by Gasteiger charge is -2.60. The summed E-state index contributed by atoms with van der Waals surface area (Å²) in [6.07, 6.45) is 7.18. The van der Waals surface area contributed by atoms with E-state index in [4.69, 9.17) is 0 Å². The first-order chi connectivity index (χ1) is 9.98. The van der Waals surface area contributed by atoms with Gasteiger partial charge in [-0.1, -0.05) is 12.1 Å². The minimum Gasteiger partial charge on any atom is -0.346 e. The maximum absolute atomic E-state index is 12.9. The summed E-state index contributed by atoms with van der Waals surface area (Å²) in [5, 5.41) is 17.1. The van der Waals surface area contributed by atoms with Crippen LogP contribution in [0.5, 0.6) is 0 Å². The predicted octanol–water partition coefficient (Wildman–Crippen LogP) is 1.98. The summed E-state index contributed by atoms with van der Waals surface area (Å²) >= 11 is 0. The molecule has 4 aliphatic rings. The Morgan fingerprint density at radius 1 is 1.33 bits per heavy atom. The van der Waals surface area contributed by atoms with E-state index in [9.17, 15) is 4.79 Å². The Kier molecular flexibility index (Phi) is 2.69. The second-order valence-electron chi connectivity index (χ2n) is 8.02. The zero-order valence-electron chi connectivity index (χ0n) is 12.7. The Morgan fingerprint density at radius 3 is 2.62 bits per heavy atom. The second-order valence-corrected chi connectivity index (χ2v) is 8.02. The number of H-pyrrole nitrogens is 1. The lowest BCUT2D eigenvalue weighted by atomic mass is 9.44. The lowest BCUT2D eigenvalue weighted by molar-refractivity contribution is -0.156. The van der Waals surface area contributed by atoms with E-state index in [1.165, 1.54) is 19.3 Å². The molecule has 4 aliphatic carbocycles. The van der Waals surface area contributed by atoms with Gasteiger partial charge in [0, 0.05) is 0 Å². The van der Waals surface area contributed by atoms with Crippen molar-refractivity contribution >= 4 is 5.91 Å². The molecule has 114 valence electrons. The number of nitrogens with one attached hydrogen (secondary N) is 2. The van der Waals surface area contributed by atoms with Crippen molar-refractivity contribution in [1.29, 1.82) is 0 Å². The van der Waals surface area contributed by atoms with Gasteiger partial charge in [0.25, 0.3) is 0 Å². The standard InChI is InChI=1S/C15H23N5O/c1-9(12-17-19-20-18-12)16-13(21)15-6-10-3-11(7-15)5-14(2,4-10)8-15/h9-11H,3-8H2,1-2H3,(H,16,21)(H,17,18,19,20). The summed E-state index contributed by atoms with van der Waals surface area (Å²) in [7, 11) is 0. The van der Waals surface area contributed by atoms with E-state index in [2.05, 4.69) is 32.9 Å². The van der Waals surface area contributed by atoms with E-state index in [0.29, 0.717) is 11.2 Å². The van der Waals surface area contributed by atoms with E-state index in [1.807, 2.05) is 6.92 Å². The number of aromatic nitrogens is 4. The van der Waals surface area contributed by atoms with Crippen LogP contribution in [0.2, 0.25) is 0 Å². The van der Waals surface area contributed by atoms with Gasteiger partial charge in [-0.05, 0) is 62.7 Å². The average molecular weight is 289 g/mol. The molecular weight excluding hydrogens is 266 g/mol. The van der Waals surface area contributed by atoms with Gasteiger partial charge in [-0.2, -0.15) is 5.21 Å². The molecule has 0 radical (unpaired) electrons. The van der Waals surface area contributed by atoms with Crippen LogP contribution in [0.4, 0.5) is 0 Å². The molecule has 1 heterocycles. The molecular formula is C15H23N5O. The third-order valence-corrected chi connectivity index (χ3v) is 5.93. The molecule has 4 fully saturated rings. The molecule has 3 unspecified atom stereocenters. The molecule has 0 aliphatic heterocycles. The summed E-state index contributed by atoms with van der Waals surface area (Å²) in [4.78, 5) is 12.9. The van der Waals surface area contributed by atoms with Crippen molar-refractivity contribution in [3.8, 4) is 0 Å². The molecule has 0 spiro atoms. The van der Waals surface area contributed by atoms with Crippen molar-refractivity contribution in [2.75, 3.05) is 0 Å². The number of carbonyl (C=O) groups excluding carboxylic acids is 1. The molecule has 1 aromatic heterocycles. The minimum atomic E-state index is -0.183. The van der Waals surface area contributed by atoms with Gasteiger partial charge in [-0.15, -0.1) is 10.2 Å². The summed E-state index contributed by atoms with van der Waals surface area (Å²) in [6.45, 7) is 4.31. The summed E-state index contributed by atoms with van der Waals surface area (Å²) in [5.74, 6) is 2.27. The highest BCUT2D eigenvalue weighted by Gasteiger charge is 2.58. The van der Waals surface area contributed by atoms with E-state index in [-0.39, 0.29) is 17.4 Å². The third kappa shape index (κ3) is 2.07. The molecule has 3 atom stereocenters. The Labute approximate surface area is 124 Å². The topological polar surface area (TPSA) is 83.6 Å². The molecule has 2 N–H and O–H groups in total. The molecule has 1 aromatic rings. The molecule has 5 rings (SSSR count). The molecule has 6 nitrogen and oxygen atoms in total. The first kappa shape index (κ1) is 13.2. The molecule has 0 aromatic carbocycles. The van der Waals surface area contributed by atoms with Gasteiger partial charge in [0.2, 0.25) is 5.91 Å². The minimum absolute atomic E-state index is 0.142. The van der Waals surface area contributed by atoms with Crippen molar-refractivity contribution < 1.29 is 4.79 Å². The second kappa shape index (κ2) is 4.27. The zero-order chi connectivity index (χ0) is 14.7. The van der Waals surface area contributed by atoms with Crippen molar-refractivity contribution in [3.05, 3.63) is 5.82 Å². The van der Waals surface area contributed by atoms with Crippen LogP contribution in [-0.2, 0) is 4.79 Å². The molecule has 21 heavy (non-hydrogen) atoms. The number of tetrazole rings is 1. The van der Waals surface area contributed by atoms with Gasteiger partial charge in [-0.25, -0.2) is 0 Å². The fraction of sp³-hybridized carbons (Fsp3) is 0.867. The van der Waals surface area contributed by atoms with Crippen molar-refractivity contribution in [1.82, 2.24) is 25.9 Å². The van der Waals surface area contributed by atoms with Gasteiger partial charge < -0.3 is 5.32 Å². The molecule has 6 heteroatoms. The summed E-state index contributed by atoms with van der Waals surface area (Å²) < 4.78 is 0. The van der Waals surface area contributed by atoms with Crippen LogP contribution in [0.3, 0.4) is 0 Å². The average Bonchev–Trinajstić information content (AvgIpc) is 2.89. The number of carbonyl (C=O) groups is 1. The summed E-state index contributed by atoms with van der Waals surface area (Å²) in [6, 6.07) is -0.183. The van der Waals surface area contributed by atoms with Gasteiger partial charge in [0.05, 0.1) is 11.5 Å². The van der Waals surface area contributed by atoms with Crippen LogP contribution in [-0.4, -0.2) is 26.5 Å². The van der Waals surface area contributed by atoms with Gasteiger partial charge in [0.15, 0.2) is 5.82 Å². The molecule has 4 saturated carbocycles.